The number of cyclic esters (lactones) is 1. The lowest BCUT2D eigenvalue weighted by Gasteiger charge is -2.22. The Bertz CT molecular complexity index is 338. The third-order valence-electron chi connectivity index (χ3n) is 1.88. The van der Waals surface area contributed by atoms with Crippen LogP contribution >= 0.6 is 15.9 Å². The van der Waals surface area contributed by atoms with E-state index in [2.05, 4.69) is 21.4 Å². The molecule has 1 aromatic carbocycles. The van der Waals surface area contributed by atoms with Crippen molar-refractivity contribution >= 4 is 22.0 Å². The molecule has 1 aliphatic heterocycles. The van der Waals surface area contributed by atoms with E-state index in [9.17, 15) is 4.79 Å². The summed E-state index contributed by atoms with van der Waals surface area (Å²) in [7, 11) is 0. The molecule has 1 heterocycles. The first-order valence-corrected chi connectivity index (χ1v) is 4.89. The molecule has 1 saturated heterocycles. The Morgan fingerprint density at radius 2 is 2.07 bits per heavy atom. The van der Waals surface area contributed by atoms with Crippen LogP contribution < -0.4 is 5.48 Å². The molecule has 0 aliphatic carbocycles. The first-order chi connectivity index (χ1) is 6.75. The summed E-state index contributed by atoms with van der Waals surface area (Å²) < 4.78 is 6.01. The van der Waals surface area contributed by atoms with Gasteiger partial charge in [-0.25, -0.2) is 4.79 Å². The van der Waals surface area contributed by atoms with Crippen LogP contribution in [0.25, 0.3) is 0 Å². The molecule has 0 radical (unpaired) electrons. The fourth-order valence-corrected chi connectivity index (χ4v) is 1.47. The van der Waals surface area contributed by atoms with Gasteiger partial charge in [0.1, 0.15) is 6.61 Å². The Morgan fingerprint density at radius 3 is 2.71 bits per heavy atom. The van der Waals surface area contributed by atoms with Crippen molar-refractivity contribution < 1.29 is 14.4 Å². The van der Waals surface area contributed by atoms with Crippen LogP contribution in [0, 0.1) is 0 Å². The summed E-state index contributed by atoms with van der Waals surface area (Å²) >= 11 is 3.33. The van der Waals surface area contributed by atoms with Crippen LogP contribution in [-0.2, 0) is 9.57 Å². The minimum Gasteiger partial charge on any atom is -0.437 e. The van der Waals surface area contributed by atoms with Gasteiger partial charge in [0.05, 0.1) is 0 Å². The Labute approximate surface area is 89.3 Å². The van der Waals surface area contributed by atoms with Crippen molar-refractivity contribution in [3.8, 4) is 0 Å². The fraction of sp³-hybridized carbons (Fsp3) is 0.222. The van der Waals surface area contributed by atoms with E-state index >= 15 is 0 Å². The van der Waals surface area contributed by atoms with Gasteiger partial charge in [-0.1, -0.05) is 28.1 Å². The number of hydroxylamine groups is 1. The van der Waals surface area contributed by atoms with Crippen molar-refractivity contribution in [3.63, 3.8) is 0 Å². The van der Waals surface area contributed by atoms with Gasteiger partial charge in [-0.2, -0.15) is 5.48 Å². The molecule has 1 aliphatic rings. The molecule has 1 N–H and O–H groups in total. The first kappa shape index (κ1) is 9.48. The summed E-state index contributed by atoms with van der Waals surface area (Å²) in [5.74, 6) is 0. The molecule has 1 atom stereocenters. The van der Waals surface area contributed by atoms with E-state index in [1.54, 1.807) is 0 Å². The average Bonchev–Trinajstić information content (AvgIpc) is 2.19. The number of hydrogen-bond acceptors (Lipinski definition) is 3. The van der Waals surface area contributed by atoms with Crippen LogP contribution in [0.5, 0.6) is 0 Å². The third-order valence-corrected chi connectivity index (χ3v) is 2.41. The fourth-order valence-electron chi connectivity index (χ4n) is 1.21. The molecule has 14 heavy (non-hydrogen) atoms. The molecule has 1 unspecified atom stereocenters. The van der Waals surface area contributed by atoms with Gasteiger partial charge >= 0.3 is 6.09 Å². The Kier molecular flexibility index (Phi) is 2.69. The second kappa shape index (κ2) is 3.98. The van der Waals surface area contributed by atoms with Crippen LogP contribution in [0.15, 0.2) is 28.7 Å². The second-order valence-electron chi connectivity index (χ2n) is 2.86. The average molecular weight is 258 g/mol. The normalized spacial score (nSPS) is 21.2. The standard InChI is InChI=1S/C9H8BrNO3/c10-7-3-1-6(2-4-7)8-5-13-11-9(12)14-8/h1-4,8H,5H2,(H,11,12). The maximum atomic E-state index is 10.8. The molecule has 1 fully saturated rings. The molecule has 5 heteroatoms. The molecular formula is C9H8BrNO3. The minimum absolute atomic E-state index is 0.322. The van der Waals surface area contributed by atoms with E-state index in [-0.39, 0.29) is 6.10 Å². The van der Waals surface area contributed by atoms with Gasteiger partial charge in [0, 0.05) is 4.47 Å². The smallest absolute Gasteiger partial charge is 0.432 e. The first-order valence-electron chi connectivity index (χ1n) is 4.09. The molecule has 1 aromatic rings. The highest BCUT2D eigenvalue weighted by Crippen LogP contribution is 2.21. The topological polar surface area (TPSA) is 47.6 Å². The summed E-state index contributed by atoms with van der Waals surface area (Å²) in [4.78, 5) is 15.7. The van der Waals surface area contributed by atoms with Gasteiger partial charge in [0.15, 0.2) is 6.10 Å². The molecule has 1 amide bonds. The lowest BCUT2D eigenvalue weighted by molar-refractivity contribution is -0.0744. The predicted molar refractivity (Wildman–Crippen MR) is 52.5 cm³/mol. The molecule has 0 saturated carbocycles. The van der Waals surface area contributed by atoms with Gasteiger partial charge in [-0.05, 0) is 17.7 Å². The lowest BCUT2D eigenvalue weighted by Crippen LogP contribution is -2.35. The predicted octanol–water partition coefficient (Wildman–Crippen LogP) is 2.16. The maximum absolute atomic E-state index is 10.8. The van der Waals surface area contributed by atoms with Gasteiger partial charge in [-0.3, -0.25) is 4.84 Å². The van der Waals surface area contributed by atoms with Crippen molar-refractivity contribution in [2.45, 2.75) is 6.10 Å². The number of halogens is 1. The summed E-state index contributed by atoms with van der Waals surface area (Å²) in [5, 5.41) is 0. The maximum Gasteiger partial charge on any atom is 0.432 e. The van der Waals surface area contributed by atoms with Crippen molar-refractivity contribution in [2.75, 3.05) is 6.61 Å². The van der Waals surface area contributed by atoms with E-state index in [0.29, 0.717) is 6.61 Å². The third kappa shape index (κ3) is 2.05. The highest BCUT2D eigenvalue weighted by Gasteiger charge is 2.22. The number of amides is 1. The Balaban J connectivity index is 2.14. The van der Waals surface area contributed by atoms with E-state index in [1.807, 2.05) is 24.3 Å². The molecule has 2 rings (SSSR count). The Hall–Kier alpha value is -1.07. The van der Waals surface area contributed by atoms with Crippen LogP contribution in [0.1, 0.15) is 11.7 Å². The number of hydrogen-bond donors (Lipinski definition) is 1. The SMILES string of the molecule is O=C1NOCC(c2ccc(Br)cc2)O1. The summed E-state index contributed by atoms with van der Waals surface area (Å²) in [6.07, 6.45) is -0.874. The monoisotopic (exact) mass is 257 g/mol. The minimum atomic E-state index is -0.552. The highest BCUT2D eigenvalue weighted by molar-refractivity contribution is 9.10. The largest absolute Gasteiger partial charge is 0.437 e. The van der Waals surface area contributed by atoms with Crippen molar-refractivity contribution in [2.24, 2.45) is 0 Å². The van der Waals surface area contributed by atoms with Crippen LogP contribution in [0.2, 0.25) is 0 Å². The second-order valence-corrected chi connectivity index (χ2v) is 3.77. The molecular weight excluding hydrogens is 250 g/mol. The number of carbonyl (C=O) groups excluding carboxylic acids is 1. The summed E-state index contributed by atoms with van der Waals surface area (Å²) in [6.45, 7) is 0.327. The lowest BCUT2D eigenvalue weighted by atomic mass is 10.1. The van der Waals surface area contributed by atoms with Crippen molar-refractivity contribution in [1.82, 2.24) is 5.48 Å². The van der Waals surface area contributed by atoms with E-state index in [0.717, 1.165) is 10.0 Å². The quantitative estimate of drug-likeness (QED) is 0.839. The van der Waals surface area contributed by atoms with Gasteiger partial charge in [-0.15, -0.1) is 0 Å². The zero-order valence-electron chi connectivity index (χ0n) is 7.20. The number of ether oxygens (including phenoxy) is 1. The number of nitrogens with one attached hydrogen (secondary N) is 1. The number of benzene rings is 1. The van der Waals surface area contributed by atoms with E-state index in [1.165, 1.54) is 0 Å². The van der Waals surface area contributed by atoms with Gasteiger partial charge in [0.25, 0.3) is 0 Å². The summed E-state index contributed by atoms with van der Waals surface area (Å²) in [5.41, 5.74) is 3.04. The van der Waals surface area contributed by atoms with Gasteiger partial charge < -0.3 is 4.74 Å². The molecule has 0 spiro atoms. The molecule has 0 aromatic heterocycles. The van der Waals surface area contributed by atoms with Crippen molar-refractivity contribution in [1.29, 1.82) is 0 Å². The molecule has 4 nitrogen and oxygen atoms in total. The zero-order chi connectivity index (χ0) is 9.97. The summed E-state index contributed by atoms with van der Waals surface area (Å²) in [6, 6.07) is 7.56. The Morgan fingerprint density at radius 1 is 1.36 bits per heavy atom. The molecule has 74 valence electrons. The zero-order valence-corrected chi connectivity index (χ0v) is 8.78. The van der Waals surface area contributed by atoms with Gasteiger partial charge in [0.2, 0.25) is 0 Å². The van der Waals surface area contributed by atoms with E-state index in [4.69, 9.17) is 9.57 Å². The number of carbonyl (C=O) groups is 1. The van der Waals surface area contributed by atoms with Crippen LogP contribution in [-0.4, -0.2) is 12.7 Å². The van der Waals surface area contributed by atoms with Crippen LogP contribution in [0.3, 0.4) is 0 Å². The van der Waals surface area contributed by atoms with E-state index < -0.39 is 6.09 Å². The highest BCUT2D eigenvalue weighted by atomic mass is 79.9. The molecule has 0 bridgehead atoms. The van der Waals surface area contributed by atoms with Crippen molar-refractivity contribution in [3.05, 3.63) is 34.3 Å². The van der Waals surface area contributed by atoms with Crippen LogP contribution in [0.4, 0.5) is 4.79 Å². The number of rotatable bonds is 1.